The summed E-state index contributed by atoms with van der Waals surface area (Å²) in [7, 11) is -4.41. The number of hydrogen-bond donors (Lipinski definition) is 0. The van der Waals surface area contributed by atoms with Crippen molar-refractivity contribution in [3.8, 4) is 0 Å². The number of benzene rings is 1. The molecule has 23 heavy (non-hydrogen) atoms. The Labute approximate surface area is 137 Å². The third kappa shape index (κ3) is 2.63. The Bertz CT molecular complexity index is 796. The molecular weight excluding hydrogens is 313 g/mol. The van der Waals surface area contributed by atoms with E-state index in [4.69, 9.17) is 9.31 Å². The fraction of sp³-hybridized carbons (Fsp3) is 0.375. The highest BCUT2D eigenvalue weighted by Crippen LogP contribution is 2.36. The van der Waals surface area contributed by atoms with E-state index in [9.17, 15) is 8.42 Å². The Hall–Kier alpha value is -1.57. The molecule has 0 bridgehead atoms. The van der Waals surface area contributed by atoms with E-state index < -0.39 is 28.3 Å². The maximum Gasteiger partial charge on any atom is 0.513 e. The van der Waals surface area contributed by atoms with E-state index in [1.54, 1.807) is 42.5 Å². The Balaban J connectivity index is 2.02. The quantitative estimate of drug-likeness (QED) is 0.807. The van der Waals surface area contributed by atoms with Crippen LogP contribution in [0.25, 0.3) is 0 Å². The number of nitrogens with zero attached hydrogens (tertiary/aromatic N) is 1. The summed E-state index contributed by atoms with van der Waals surface area (Å²) in [6, 6.07) is 11.7. The predicted molar refractivity (Wildman–Crippen MR) is 89.2 cm³/mol. The summed E-state index contributed by atoms with van der Waals surface area (Å²) >= 11 is 0. The molecule has 1 aliphatic heterocycles. The third-order valence-corrected chi connectivity index (χ3v) is 6.26. The van der Waals surface area contributed by atoms with Gasteiger partial charge in [0.2, 0.25) is 0 Å². The molecule has 3 rings (SSSR count). The molecule has 0 atom stereocenters. The molecule has 1 aliphatic rings. The van der Waals surface area contributed by atoms with Gasteiger partial charge < -0.3 is 9.31 Å². The minimum Gasteiger partial charge on any atom is -0.398 e. The maximum atomic E-state index is 12.8. The second-order valence-electron chi connectivity index (χ2n) is 6.64. The van der Waals surface area contributed by atoms with Crippen molar-refractivity contribution < 1.29 is 17.7 Å². The molecule has 7 heteroatoms. The molecule has 0 radical (unpaired) electrons. The predicted octanol–water partition coefficient (Wildman–Crippen LogP) is 2.02. The topological polar surface area (TPSA) is 57.5 Å². The van der Waals surface area contributed by atoms with Gasteiger partial charge in [-0.05, 0) is 52.0 Å². The Morgan fingerprint density at radius 2 is 1.48 bits per heavy atom. The van der Waals surface area contributed by atoms with Gasteiger partial charge in [0, 0.05) is 6.20 Å². The van der Waals surface area contributed by atoms with Gasteiger partial charge in [0.25, 0.3) is 10.0 Å². The zero-order chi connectivity index (χ0) is 16.9. The molecule has 1 saturated heterocycles. The molecule has 122 valence electrons. The van der Waals surface area contributed by atoms with E-state index in [-0.39, 0.29) is 4.90 Å². The Morgan fingerprint density at radius 3 is 2.04 bits per heavy atom. The summed E-state index contributed by atoms with van der Waals surface area (Å²) in [5.74, 6) is 0. The van der Waals surface area contributed by atoms with E-state index in [1.807, 2.05) is 27.7 Å². The summed E-state index contributed by atoms with van der Waals surface area (Å²) in [6.07, 6.45) is 1.52. The average Bonchev–Trinajstić information content (AvgIpc) is 3.03. The first-order valence-corrected chi connectivity index (χ1v) is 8.93. The summed E-state index contributed by atoms with van der Waals surface area (Å²) in [6.45, 7) is 7.75. The number of hydrogen-bond acceptors (Lipinski definition) is 4. The molecule has 1 aromatic heterocycles. The first-order valence-electron chi connectivity index (χ1n) is 7.49. The maximum absolute atomic E-state index is 12.8. The van der Waals surface area contributed by atoms with Crippen molar-refractivity contribution in [1.29, 1.82) is 0 Å². The van der Waals surface area contributed by atoms with E-state index in [1.165, 1.54) is 10.2 Å². The molecule has 0 aliphatic carbocycles. The first kappa shape index (κ1) is 16.3. The lowest BCUT2D eigenvalue weighted by atomic mass is 9.85. The van der Waals surface area contributed by atoms with Crippen LogP contribution >= 0.6 is 0 Å². The first-order chi connectivity index (χ1) is 10.7. The molecule has 2 aromatic rings. The van der Waals surface area contributed by atoms with Crippen LogP contribution < -0.4 is 5.59 Å². The van der Waals surface area contributed by atoms with Crippen molar-refractivity contribution in [2.45, 2.75) is 43.8 Å². The SMILES string of the molecule is CC1(C)OB(c2cccn2S(=O)(=O)c2ccccc2)OC1(C)C. The van der Waals surface area contributed by atoms with Crippen LogP contribution in [0.1, 0.15) is 27.7 Å². The van der Waals surface area contributed by atoms with E-state index in [0.29, 0.717) is 5.59 Å². The van der Waals surface area contributed by atoms with Crippen LogP contribution in [-0.4, -0.2) is 30.7 Å². The molecule has 5 nitrogen and oxygen atoms in total. The van der Waals surface area contributed by atoms with Gasteiger partial charge in [-0.2, -0.15) is 0 Å². The monoisotopic (exact) mass is 333 g/mol. The summed E-state index contributed by atoms with van der Waals surface area (Å²) in [4.78, 5) is 0.231. The van der Waals surface area contributed by atoms with E-state index in [0.717, 1.165) is 0 Å². The molecule has 0 N–H and O–H groups in total. The lowest BCUT2D eigenvalue weighted by Gasteiger charge is -2.32. The van der Waals surface area contributed by atoms with Crippen LogP contribution in [0.4, 0.5) is 0 Å². The fourth-order valence-corrected chi connectivity index (χ4v) is 3.83. The van der Waals surface area contributed by atoms with Gasteiger partial charge in [-0.3, -0.25) is 0 Å². The van der Waals surface area contributed by atoms with Crippen LogP contribution in [0.5, 0.6) is 0 Å². The molecule has 1 aromatic carbocycles. The normalized spacial score (nSPS) is 19.9. The summed E-state index contributed by atoms with van der Waals surface area (Å²) < 4.78 is 38.9. The van der Waals surface area contributed by atoms with Gasteiger partial charge in [0.1, 0.15) is 0 Å². The Kier molecular flexibility index (Phi) is 3.70. The zero-order valence-electron chi connectivity index (χ0n) is 13.7. The number of aromatic nitrogens is 1. The van der Waals surface area contributed by atoms with Crippen LogP contribution in [0.15, 0.2) is 53.6 Å². The molecule has 2 heterocycles. The van der Waals surface area contributed by atoms with E-state index >= 15 is 0 Å². The van der Waals surface area contributed by atoms with Gasteiger partial charge in [-0.1, -0.05) is 18.2 Å². The van der Waals surface area contributed by atoms with Crippen molar-refractivity contribution in [3.63, 3.8) is 0 Å². The third-order valence-electron chi connectivity index (χ3n) is 4.54. The second kappa shape index (κ2) is 5.23. The van der Waals surface area contributed by atoms with Gasteiger partial charge in [0.15, 0.2) is 0 Å². The lowest BCUT2D eigenvalue weighted by molar-refractivity contribution is 0.00578. The lowest BCUT2D eigenvalue weighted by Crippen LogP contribution is -2.41. The average molecular weight is 333 g/mol. The van der Waals surface area contributed by atoms with Crippen molar-refractivity contribution in [1.82, 2.24) is 3.97 Å². The molecule has 0 amide bonds. The highest BCUT2D eigenvalue weighted by molar-refractivity contribution is 7.90. The minimum absolute atomic E-state index is 0.231. The zero-order valence-corrected chi connectivity index (χ0v) is 14.5. The van der Waals surface area contributed by atoms with E-state index in [2.05, 4.69) is 0 Å². The minimum atomic E-state index is -3.68. The van der Waals surface area contributed by atoms with Gasteiger partial charge >= 0.3 is 7.12 Å². The second-order valence-corrected chi connectivity index (χ2v) is 8.45. The van der Waals surface area contributed by atoms with Crippen molar-refractivity contribution in [2.75, 3.05) is 0 Å². The number of rotatable bonds is 3. The molecule has 0 spiro atoms. The van der Waals surface area contributed by atoms with Crippen molar-refractivity contribution in [2.24, 2.45) is 0 Å². The molecular formula is C16H20BNO4S. The largest absolute Gasteiger partial charge is 0.513 e. The molecule has 1 fully saturated rings. The summed E-state index contributed by atoms with van der Waals surface area (Å²) in [5.41, 5.74) is -0.584. The smallest absolute Gasteiger partial charge is 0.398 e. The summed E-state index contributed by atoms with van der Waals surface area (Å²) in [5, 5.41) is 0. The fourth-order valence-electron chi connectivity index (χ4n) is 2.45. The Morgan fingerprint density at radius 1 is 0.913 bits per heavy atom. The highest BCUT2D eigenvalue weighted by Gasteiger charge is 2.53. The van der Waals surface area contributed by atoms with Gasteiger partial charge in [-0.25, -0.2) is 12.4 Å². The van der Waals surface area contributed by atoms with Crippen molar-refractivity contribution in [3.05, 3.63) is 48.7 Å². The van der Waals surface area contributed by atoms with Crippen molar-refractivity contribution >= 4 is 22.7 Å². The van der Waals surface area contributed by atoms with Crippen LogP contribution in [0, 0.1) is 0 Å². The standard InChI is InChI=1S/C16H20BNO4S/c1-15(2)16(3,4)22-17(21-15)14-11-8-12-18(14)23(19,20)13-9-6-5-7-10-13/h5-12H,1-4H3. The van der Waals surface area contributed by atoms with Crippen LogP contribution in [0.2, 0.25) is 0 Å². The van der Waals surface area contributed by atoms with Crippen LogP contribution in [0.3, 0.4) is 0 Å². The van der Waals surface area contributed by atoms with Gasteiger partial charge in [0.05, 0.1) is 21.7 Å². The molecule has 0 saturated carbocycles. The van der Waals surface area contributed by atoms with Gasteiger partial charge in [-0.15, -0.1) is 0 Å². The molecule has 0 unspecified atom stereocenters. The highest BCUT2D eigenvalue weighted by atomic mass is 32.2. The van der Waals surface area contributed by atoms with Crippen LogP contribution in [-0.2, 0) is 19.3 Å².